The van der Waals surface area contributed by atoms with E-state index in [9.17, 15) is 9.59 Å². The topological polar surface area (TPSA) is 52.7 Å². The summed E-state index contributed by atoms with van der Waals surface area (Å²) >= 11 is 0. The van der Waals surface area contributed by atoms with Crippen LogP contribution in [-0.2, 0) is 0 Å². The lowest BCUT2D eigenvalue weighted by atomic mass is 10.00. The fourth-order valence-corrected chi connectivity index (χ4v) is 2.40. The van der Waals surface area contributed by atoms with Gasteiger partial charge in [-0.25, -0.2) is 4.79 Å². The van der Waals surface area contributed by atoms with Crippen molar-refractivity contribution in [3.63, 3.8) is 0 Å². The molecule has 5 nitrogen and oxygen atoms in total. The highest BCUT2D eigenvalue weighted by atomic mass is 16.2. The van der Waals surface area contributed by atoms with Crippen LogP contribution in [0.25, 0.3) is 0 Å². The first-order valence-corrected chi connectivity index (χ1v) is 7.18. The number of benzene rings is 1. The smallest absolute Gasteiger partial charge is 0.321 e. The molecular weight excluding hydrogens is 266 g/mol. The second-order valence-corrected chi connectivity index (χ2v) is 6.22. The van der Waals surface area contributed by atoms with Gasteiger partial charge in [0.05, 0.1) is 0 Å². The molecule has 1 aromatic carbocycles. The van der Waals surface area contributed by atoms with Crippen molar-refractivity contribution in [3.8, 4) is 0 Å². The first kappa shape index (κ1) is 15.5. The molecule has 2 rings (SSSR count). The van der Waals surface area contributed by atoms with Gasteiger partial charge < -0.3 is 10.2 Å². The summed E-state index contributed by atoms with van der Waals surface area (Å²) in [5.41, 5.74) is 1.34. The van der Waals surface area contributed by atoms with Gasteiger partial charge in [-0.3, -0.25) is 9.69 Å². The lowest BCUT2D eigenvalue weighted by molar-refractivity contribution is 0.0608. The summed E-state index contributed by atoms with van der Waals surface area (Å²) in [6, 6.07) is 6.88. The van der Waals surface area contributed by atoms with Gasteiger partial charge in [-0.05, 0) is 52.1 Å². The highest BCUT2D eigenvalue weighted by Crippen LogP contribution is 2.20. The molecule has 0 radical (unpaired) electrons. The molecule has 1 aliphatic heterocycles. The van der Waals surface area contributed by atoms with E-state index in [4.69, 9.17) is 0 Å². The molecule has 0 saturated carbocycles. The molecule has 1 saturated heterocycles. The quantitative estimate of drug-likeness (QED) is 0.851. The van der Waals surface area contributed by atoms with Crippen molar-refractivity contribution in [2.24, 2.45) is 0 Å². The van der Waals surface area contributed by atoms with E-state index in [1.165, 1.54) is 6.92 Å². The number of rotatable bonds is 2. The van der Waals surface area contributed by atoms with Crippen molar-refractivity contribution in [2.75, 3.05) is 32.0 Å². The monoisotopic (exact) mass is 289 g/mol. The Morgan fingerprint density at radius 3 is 2.29 bits per heavy atom. The Labute approximate surface area is 125 Å². The van der Waals surface area contributed by atoms with Crippen LogP contribution in [0.1, 0.15) is 31.1 Å². The van der Waals surface area contributed by atoms with Crippen LogP contribution in [-0.4, -0.2) is 53.8 Å². The Balaban J connectivity index is 2.00. The fraction of sp³-hybridized carbons (Fsp3) is 0.500. The van der Waals surface area contributed by atoms with E-state index in [0.29, 0.717) is 17.8 Å². The minimum Gasteiger partial charge on any atom is -0.321 e. The largest absolute Gasteiger partial charge is 0.321 e. The molecule has 0 aliphatic carbocycles. The Morgan fingerprint density at radius 1 is 1.14 bits per heavy atom. The van der Waals surface area contributed by atoms with Gasteiger partial charge in [0.15, 0.2) is 5.78 Å². The average molecular weight is 289 g/mol. The van der Waals surface area contributed by atoms with Gasteiger partial charge >= 0.3 is 6.03 Å². The van der Waals surface area contributed by atoms with Crippen molar-refractivity contribution >= 4 is 17.5 Å². The summed E-state index contributed by atoms with van der Waals surface area (Å²) in [7, 11) is 2.08. The van der Waals surface area contributed by atoms with Crippen molar-refractivity contribution in [1.29, 1.82) is 0 Å². The molecule has 1 heterocycles. The number of ketones is 1. The third-order valence-corrected chi connectivity index (χ3v) is 4.15. The number of nitrogens with zero attached hydrogens (tertiary/aromatic N) is 2. The van der Waals surface area contributed by atoms with Gasteiger partial charge in [0.1, 0.15) is 0 Å². The number of Topliss-reactive ketones (excluding diaryl/α,β-unsaturated/α-hetero) is 1. The molecule has 5 heteroatoms. The fourth-order valence-electron chi connectivity index (χ4n) is 2.40. The molecule has 1 N–H and O–H groups in total. The summed E-state index contributed by atoms with van der Waals surface area (Å²) in [4.78, 5) is 27.6. The van der Waals surface area contributed by atoms with E-state index < -0.39 is 0 Å². The maximum absolute atomic E-state index is 12.3. The normalized spacial score (nSPS) is 18.4. The molecular formula is C16H23N3O2. The van der Waals surface area contributed by atoms with Gasteiger partial charge in [-0.15, -0.1) is 0 Å². The second-order valence-electron chi connectivity index (χ2n) is 6.22. The lowest BCUT2D eigenvalue weighted by Gasteiger charge is -2.45. The number of hydrogen-bond donors (Lipinski definition) is 1. The van der Waals surface area contributed by atoms with Crippen LogP contribution in [0.3, 0.4) is 0 Å². The van der Waals surface area contributed by atoms with Crippen LogP contribution in [0.2, 0.25) is 0 Å². The van der Waals surface area contributed by atoms with Gasteiger partial charge in [0.25, 0.3) is 0 Å². The predicted octanol–water partition coefficient (Wildman–Crippen LogP) is 2.45. The maximum Gasteiger partial charge on any atom is 0.321 e. The second kappa shape index (κ2) is 5.85. The van der Waals surface area contributed by atoms with Gasteiger partial charge in [-0.1, -0.05) is 0 Å². The number of carbonyl (C=O) groups excluding carboxylic acids is 2. The number of urea groups is 1. The molecule has 1 aliphatic rings. The molecule has 1 fully saturated rings. The number of piperazine rings is 1. The van der Waals surface area contributed by atoms with E-state index in [-0.39, 0.29) is 17.4 Å². The van der Waals surface area contributed by atoms with Crippen molar-refractivity contribution in [1.82, 2.24) is 9.80 Å². The first-order chi connectivity index (χ1) is 9.79. The average Bonchev–Trinajstić information content (AvgIpc) is 2.42. The summed E-state index contributed by atoms with van der Waals surface area (Å²) < 4.78 is 0. The minimum absolute atomic E-state index is 0.0198. The summed E-state index contributed by atoms with van der Waals surface area (Å²) in [6.45, 7) is 8.07. The SMILES string of the molecule is CC(=O)c1ccc(NC(=O)N2CCN(C)C(C)(C)C2)cc1. The Morgan fingerprint density at radius 2 is 1.76 bits per heavy atom. The third kappa shape index (κ3) is 3.61. The van der Waals surface area contributed by atoms with E-state index in [0.717, 1.165) is 13.1 Å². The number of carbonyl (C=O) groups is 2. The van der Waals surface area contributed by atoms with Crippen molar-refractivity contribution in [2.45, 2.75) is 26.3 Å². The molecule has 21 heavy (non-hydrogen) atoms. The summed E-state index contributed by atoms with van der Waals surface area (Å²) in [6.07, 6.45) is 0. The lowest BCUT2D eigenvalue weighted by Crippen LogP contribution is -2.59. The van der Waals surface area contributed by atoms with Crippen LogP contribution in [0.5, 0.6) is 0 Å². The zero-order valence-corrected chi connectivity index (χ0v) is 13.1. The molecule has 114 valence electrons. The van der Waals surface area contributed by atoms with E-state index in [1.807, 2.05) is 4.90 Å². The van der Waals surface area contributed by atoms with Crippen molar-refractivity contribution in [3.05, 3.63) is 29.8 Å². The van der Waals surface area contributed by atoms with Gasteiger partial charge in [-0.2, -0.15) is 0 Å². The predicted molar refractivity (Wildman–Crippen MR) is 83.7 cm³/mol. The Kier molecular flexibility index (Phi) is 4.32. The number of likely N-dealkylation sites (N-methyl/N-ethyl adjacent to an activating group) is 1. The molecule has 2 amide bonds. The van der Waals surface area contributed by atoms with E-state index in [1.54, 1.807) is 24.3 Å². The van der Waals surface area contributed by atoms with E-state index in [2.05, 4.69) is 31.1 Å². The number of hydrogen-bond acceptors (Lipinski definition) is 3. The summed E-state index contributed by atoms with van der Waals surface area (Å²) in [5.74, 6) is 0.0219. The van der Waals surface area contributed by atoms with Crippen LogP contribution in [0.15, 0.2) is 24.3 Å². The molecule has 0 spiro atoms. The molecule has 0 unspecified atom stereocenters. The molecule has 1 aromatic rings. The molecule has 0 aromatic heterocycles. The number of amides is 2. The highest BCUT2D eigenvalue weighted by Gasteiger charge is 2.33. The number of nitrogens with one attached hydrogen (secondary N) is 1. The first-order valence-electron chi connectivity index (χ1n) is 7.18. The van der Waals surface area contributed by atoms with Crippen LogP contribution in [0, 0.1) is 0 Å². The van der Waals surface area contributed by atoms with Crippen molar-refractivity contribution < 1.29 is 9.59 Å². The minimum atomic E-state index is -0.0910. The molecule has 0 bridgehead atoms. The Bertz CT molecular complexity index is 537. The zero-order chi connectivity index (χ0) is 15.6. The standard InChI is InChI=1S/C16H23N3O2/c1-12(20)13-5-7-14(8-6-13)17-15(21)19-10-9-18(4)16(2,3)11-19/h5-8H,9-11H2,1-4H3,(H,17,21). The third-order valence-electron chi connectivity index (χ3n) is 4.15. The van der Waals surface area contributed by atoms with Crippen LogP contribution < -0.4 is 5.32 Å². The molecule has 0 atom stereocenters. The van der Waals surface area contributed by atoms with Crippen LogP contribution >= 0.6 is 0 Å². The Hall–Kier alpha value is -1.88. The zero-order valence-electron chi connectivity index (χ0n) is 13.1. The van der Waals surface area contributed by atoms with Gasteiger partial charge in [0.2, 0.25) is 0 Å². The maximum atomic E-state index is 12.3. The van der Waals surface area contributed by atoms with Gasteiger partial charge in [0, 0.05) is 36.4 Å². The van der Waals surface area contributed by atoms with Crippen LogP contribution in [0.4, 0.5) is 10.5 Å². The van der Waals surface area contributed by atoms with E-state index >= 15 is 0 Å². The highest BCUT2D eigenvalue weighted by molar-refractivity contribution is 5.95. The number of anilines is 1. The summed E-state index contributed by atoms with van der Waals surface area (Å²) in [5, 5.41) is 2.89.